The number of nitrogens with zero attached hydrogens (tertiary/aromatic N) is 4. The van der Waals surface area contributed by atoms with Gasteiger partial charge in [0.2, 0.25) is 11.8 Å². The third-order valence-electron chi connectivity index (χ3n) is 5.84. The van der Waals surface area contributed by atoms with Crippen LogP contribution in [0.25, 0.3) is 11.2 Å². The first-order valence-electron chi connectivity index (χ1n) is 13.8. The average molecular weight is 645 g/mol. The largest absolute Gasteiger partial charge is 0.476 e. The average Bonchev–Trinajstić information content (AvgIpc) is 3.37. The minimum absolute atomic E-state index is 0.0250. The molecule has 0 fully saturated rings. The van der Waals surface area contributed by atoms with Crippen LogP contribution in [0.4, 0.5) is 14.7 Å². The molecule has 0 spiro atoms. The number of hydrogen-bond donors (Lipinski definition) is 3. The van der Waals surface area contributed by atoms with Crippen LogP contribution in [0, 0.1) is 5.41 Å². The number of aliphatic hydroxyl groups excluding tert-OH is 1. The summed E-state index contributed by atoms with van der Waals surface area (Å²) >= 11 is 0. The molecular weight excluding hydrogens is 605 g/mol. The van der Waals surface area contributed by atoms with Gasteiger partial charge in [-0.2, -0.15) is 15.1 Å². The molecule has 0 aliphatic carbocycles. The van der Waals surface area contributed by atoms with Gasteiger partial charge in [0.1, 0.15) is 31.2 Å². The fraction of sp³-hybridized carbons (Fsp3) is 0.556. The molecule has 14 nitrogen and oxygen atoms in total. The summed E-state index contributed by atoms with van der Waals surface area (Å²) in [5.74, 6) is -4.06. The van der Waals surface area contributed by atoms with Crippen molar-refractivity contribution >= 4 is 30.8 Å². The summed E-state index contributed by atoms with van der Waals surface area (Å²) in [6.07, 6.45) is -2.57. The maximum Gasteiger partial charge on any atom is 0.459 e. The van der Waals surface area contributed by atoms with Gasteiger partial charge in [-0.3, -0.25) is 13.9 Å². The summed E-state index contributed by atoms with van der Waals surface area (Å²) in [6.45, 7) is 7.43. The Kier molecular flexibility index (Phi) is 11.6. The summed E-state index contributed by atoms with van der Waals surface area (Å²) in [6, 6.07) is 6.55. The molecule has 3 rings (SSSR count). The highest BCUT2D eigenvalue weighted by Gasteiger charge is 2.44. The highest BCUT2D eigenvalue weighted by Crippen LogP contribution is 2.46. The molecular formula is C27H39F2N6O8P. The van der Waals surface area contributed by atoms with Crippen molar-refractivity contribution in [1.29, 1.82) is 0 Å². The van der Waals surface area contributed by atoms with Gasteiger partial charge < -0.3 is 29.6 Å². The molecule has 17 heteroatoms. The third kappa shape index (κ3) is 9.29. The van der Waals surface area contributed by atoms with Gasteiger partial charge in [-0.25, -0.2) is 18.3 Å². The number of halogens is 2. The lowest BCUT2D eigenvalue weighted by atomic mass is 9.99. The number of nitrogens with one attached hydrogen (secondary N) is 1. The second-order valence-electron chi connectivity index (χ2n) is 11.0. The molecule has 0 saturated carbocycles. The lowest BCUT2D eigenvalue weighted by Gasteiger charge is -2.33. The Morgan fingerprint density at radius 2 is 1.86 bits per heavy atom. The Bertz CT molecular complexity index is 1440. The predicted molar refractivity (Wildman–Crippen MR) is 156 cm³/mol. The van der Waals surface area contributed by atoms with Gasteiger partial charge in [0.15, 0.2) is 17.4 Å². The van der Waals surface area contributed by atoms with Crippen LogP contribution in [0.3, 0.4) is 0 Å². The maximum absolute atomic E-state index is 16.3. The minimum atomic E-state index is -4.57. The Hall–Kier alpha value is -3.43. The Morgan fingerprint density at radius 3 is 2.45 bits per heavy atom. The van der Waals surface area contributed by atoms with Crippen molar-refractivity contribution in [1.82, 2.24) is 24.6 Å². The molecule has 0 aliphatic heterocycles. The summed E-state index contributed by atoms with van der Waals surface area (Å²) in [5.41, 5.74) is 5.51. The highest BCUT2D eigenvalue weighted by molar-refractivity contribution is 7.52. The lowest BCUT2D eigenvalue weighted by Crippen LogP contribution is -2.46. The number of anilines is 1. The molecule has 1 aromatic carbocycles. The number of fused-ring (bicyclic) bond motifs is 1. The smallest absolute Gasteiger partial charge is 0.459 e. The normalized spacial score (nSPS) is 16.8. The van der Waals surface area contributed by atoms with Crippen LogP contribution in [0.15, 0.2) is 36.7 Å². The van der Waals surface area contributed by atoms with E-state index in [1.165, 1.54) is 19.1 Å². The third-order valence-corrected chi connectivity index (χ3v) is 7.46. The number of alkyl halides is 2. The van der Waals surface area contributed by atoms with Gasteiger partial charge >= 0.3 is 13.7 Å². The fourth-order valence-electron chi connectivity index (χ4n) is 3.58. The van der Waals surface area contributed by atoms with Crippen LogP contribution in [-0.4, -0.2) is 75.1 Å². The number of aromatic nitrogens is 4. The fourth-order valence-corrected chi connectivity index (χ4v) is 5.09. The van der Waals surface area contributed by atoms with E-state index < -0.39 is 51.2 Å². The minimum Gasteiger partial charge on any atom is -0.476 e. The predicted octanol–water partition coefficient (Wildman–Crippen LogP) is 4.11. The molecule has 2 aromatic heterocycles. The first kappa shape index (κ1) is 35.1. The molecule has 3 aromatic rings. The number of nitrogens with two attached hydrogens (primary N) is 1. The molecule has 0 saturated heterocycles. The van der Waals surface area contributed by atoms with E-state index in [1.54, 1.807) is 25.1 Å². The first-order chi connectivity index (χ1) is 20.6. The highest BCUT2D eigenvalue weighted by atomic mass is 31.2. The summed E-state index contributed by atoms with van der Waals surface area (Å²) in [7, 11) is -4.57. The number of nitrogen functional groups attached to an aromatic ring is 1. The van der Waals surface area contributed by atoms with E-state index in [4.69, 9.17) is 29.0 Å². The van der Waals surface area contributed by atoms with E-state index in [2.05, 4.69) is 20.0 Å². The number of ether oxygens (including phenoxy) is 3. The molecule has 0 aliphatic rings. The van der Waals surface area contributed by atoms with Crippen molar-refractivity contribution in [3.63, 3.8) is 0 Å². The summed E-state index contributed by atoms with van der Waals surface area (Å²) < 4.78 is 72.5. The summed E-state index contributed by atoms with van der Waals surface area (Å²) in [4.78, 5) is 24.7. The Morgan fingerprint density at radius 1 is 1.18 bits per heavy atom. The number of aliphatic hydroxyl groups is 1. The Labute approximate surface area is 253 Å². The molecule has 5 atom stereocenters. The molecule has 244 valence electrons. The van der Waals surface area contributed by atoms with Gasteiger partial charge in [0.25, 0.3) is 5.85 Å². The number of benzene rings is 1. The van der Waals surface area contributed by atoms with Gasteiger partial charge in [-0.05, 0) is 38.3 Å². The van der Waals surface area contributed by atoms with Crippen LogP contribution in [0.5, 0.6) is 11.6 Å². The van der Waals surface area contributed by atoms with Crippen molar-refractivity contribution in [3.8, 4) is 11.6 Å². The Balaban J connectivity index is 1.87. The number of carbonyl (C=O) groups is 1. The van der Waals surface area contributed by atoms with Gasteiger partial charge in [-0.15, -0.1) is 0 Å². The van der Waals surface area contributed by atoms with Gasteiger partial charge in [0, 0.05) is 0 Å². The van der Waals surface area contributed by atoms with Gasteiger partial charge in [-0.1, -0.05) is 39.0 Å². The van der Waals surface area contributed by atoms with E-state index in [0.717, 1.165) is 17.8 Å². The second-order valence-corrected chi connectivity index (χ2v) is 12.7. The zero-order chi connectivity index (χ0) is 32.7. The second kappa shape index (κ2) is 14.6. The number of rotatable bonds is 16. The molecule has 0 radical (unpaired) electrons. The number of carbonyl (C=O) groups excluding carboxylic acids is 1. The molecule has 2 heterocycles. The van der Waals surface area contributed by atoms with Crippen LogP contribution in [0.1, 0.15) is 47.8 Å². The standard InChI is InChI=1S/C27H39F2N6O8P/c1-7-39-23-21-22(32-25(30)33-23)35(16-31-21)20(13-28)42-27(29,18(3)36)15-41-44(38,43-19-11-9-8-10-12-19)34-17(2)24(37)40-14-26(4,5)6/h8-12,16-18,20,36H,7,13-15H2,1-6H3,(H,34,38)(H2,30,32,33)/t17?,18-,20?,27+,44?/m0/s1. The topological polar surface area (TPSA) is 182 Å². The van der Waals surface area contributed by atoms with Crippen molar-refractivity contribution in [2.45, 2.75) is 65.8 Å². The lowest BCUT2D eigenvalue weighted by molar-refractivity contribution is -0.259. The number of esters is 1. The van der Waals surface area contributed by atoms with Crippen LogP contribution >= 0.6 is 7.75 Å². The van der Waals surface area contributed by atoms with Crippen molar-refractivity contribution in [2.75, 3.05) is 32.2 Å². The van der Waals surface area contributed by atoms with Crippen LogP contribution < -0.4 is 20.1 Å². The van der Waals surface area contributed by atoms with E-state index >= 15 is 4.39 Å². The molecule has 0 amide bonds. The molecule has 44 heavy (non-hydrogen) atoms. The van der Waals surface area contributed by atoms with Crippen LogP contribution in [0.2, 0.25) is 0 Å². The van der Waals surface area contributed by atoms with E-state index in [-0.39, 0.29) is 47.4 Å². The number of hydrogen-bond acceptors (Lipinski definition) is 12. The maximum atomic E-state index is 16.3. The summed E-state index contributed by atoms with van der Waals surface area (Å²) in [5, 5.41) is 12.8. The van der Waals surface area contributed by atoms with Crippen molar-refractivity contribution in [3.05, 3.63) is 36.7 Å². The van der Waals surface area contributed by atoms with E-state index in [0.29, 0.717) is 0 Å². The van der Waals surface area contributed by atoms with Crippen molar-refractivity contribution in [2.24, 2.45) is 5.41 Å². The quantitative estimate of drug-likeness (QED) is 0.150. The van der Waals surface area contributed by atoms with Gasteiger partial charge in [0.05, 0.1) is 19.5 Å². The van der Waals surface area contributed by atoms with Crippen molar-refractivity contribution < 1.29 is 46.5 Å². The monoisotopic (exact) mass is 644 g/mol. The van der Waals surface area contributed by atoms with Crippen LogP contribution in [-0.2, 0) is 23.4 Å². The number of imidazole rings is 1. The number of para-hydroxylation sites is 1. The molecule has 0 bridgehead atoms. The van der Waals surface area contributed by atoms with E-state index in [9.17, 15) is 18.9 Å². The van der Waals surface area contributed by atoms with E-state index in [1.807, 2.05) is 20.8 Å². The molecule has 4 N–H and O–H groups in total. The SMILES string of the molecule is CCOc1nc(N)nc2c1ncn2C(CF)O[C@](F)(COP(=O)(NC(C)C(=O)OCC(C)(C)C)Oc1ccccc1)[C@H](C)O. The first-order valence-corrected chi connectivity index (χ1v) is 15.3. The zero-order valence-electron chi connectivity index (χ0n) is 25.4. The molecule has 3 unspecified atom stereocenters. The zero-order valence-corrected chi connectivity index (χ0v) is 26.3.